The van der Waals surface area contributed by atoms with E-state index in [0.29, 0.717) is 5.69 Å². The van der Waals surface area contributed by atoms with Gasteiger partial charge in [0.25, 0.3) is 0 Å². The van der Waals surface area contributed by atoms with E-state index in [-0.39, 0.29) is 5.82 Å². The number of para-hydroxylation sites is 1. The first kappa shape index (κ1) is 10.7. The minimum absolute atomic E-state index is 0.347. The lowest BCUT2D eigenvalue weighted by molar-refractivity contribution is 0.629. The Bertz CT molecular complexity index is 502. The van der Waals surface area contributed by atoms with Gasteiger partial charge in [0, 0.05) is 0 Å². The van der Waals surface area contributed by atoms with Crippen molar-refractivity contribution in [2.24, 2.45) is 0 Å². The normalized spacial score (nSPS) is 11.8. The Morgan fingerprint density at radius 2 is 2.12 bits per heavy atom. The van der Waals surface area contributed by atoms with Crippen LogP contribution in [0.4, 0.5) is 10.1 Å². The van der Waals surface area contributed by atoms with E-state index in [9.17, 15) is 4.39 Å². The highest BCUT2D eigenvalue weighted by molar-refractivity contribution is 7.08. The smallest absolute Gasteiger partial charge is 0.146 e. The maximum Gasteiger partial charge on any atom is 0.146 e. The van der Waals surface area contributed by atoms with Crippen molar-refractivity contribution in [3.05, 3.63) is 52.5 Å². The number of hydrogen-bond donors (Lipinski definition) is 1. The summed E-state index contributed by atoms with van der Waals surface area (Å²) in [6, 6.07) is 9.78. The van der Waals surface area contributed by atoms with E-state index in [2.05, 4.69) is 11.4 Å². The van der Waals surface area contributed by atoms with Crippen molar-refractivity contribution in [1.29, 1.82) is 5.26 Å². The van der Waals surface area contributed by atoms with Crippen molar-refractivity contribution in [2.45, 2.75) is 6.04 Å². The molecule has 80 valence electrons. The van der Waals surface area contributed by atoms with Gasteiger partial charge in [0.15, 0.2) is 0 Å². The summed E-state index contributed by atoms with van der Waals surface area (Å²) in [7, 11) is 0. The van der Waals surface area contributed by atoms with Gasteiger partial charge in [0.2, 0.25) is 0 Å². The summed E-state index contributed by atoms with van der Waals surface area (Å²) in [5.41, 5.74) is 1.20. The summed E-state index contributed by atoms with van der Waals surface area (Å²) in [6.45, 7) is 0. The SMILES string of the molecule is N#CC(Nc1ccccc1F)c1ccsc1. The predicted molar refractivity (Wildman–Crippen MR) is 62.7 cm³/mol. The van der Waals surface area contributed by atoms with E-state index in [1.807, 2.05) is 16.8 Å². The van der Waals surface area contributed by atoms with Crippen molar-refractivity contribution in [1.82, 2.24) is 0 Å². The molecule has 0 aliphatic carbocycles. The van der Waals surface area contributed by atoms with Gasteiger partial charge in [0.05, 0.1) is 11.8 Å². The number of halogens is 1. The number of nitriles is 1. The van der Waals surface area contributed by atoms with E-state index in [4.69, 9.17) is 5.26 Å². The summed E-state index contributed by atoms with van der Waals surface area (Å²) in [5, 5.41) is 15.7. The summed E-state index contributed by atoms with van der Waals surface area (Å²) >= 11 is 1.51. The quantitative estimate of drug-likeness (QED) is 0.878. The molecule has 1 N–H and O–H groups in total. The number of anilines is 1. The lowest BCUT2D eigenvalue weighted by atomic mass is 10.1. The number of nitrogens with one attached hydrogen (secondary N) is 1. The van der Waals surface area contributed by atoms with Gasteiger partial charge in [-0.15, -0.1) is 0 Å². The third kappa shape index (κ3) is 2.20. The van der Waals surface area contributed by atoms with Crippen LogP contribution < -0.4 is 5.32 Å². The summed E-state index contributed by atoms with van der Waals surface area (Å²) in [6.07, 6.45) is 0. The average Bonchev–Trinajstić information content (AvgIpc) is 2.81. The maximum absolute atomic E-state index is 13.4. The topological polar surface area (TPSA) is 35.8 Å². The molecular weight excluding hydrogens is 223 g/mol. The Kier molecular flexibility index (Phi) is 3.18. The van der Waals surface area contributed by atoms with Crippen molar-refractivity contribution >= 4 is 17.0 Å². The van der Waals surface area contributed by atoms with Crippen LogP contribution in [0, 0.1) is 17.1 Å². The lowest BCUT2D eigenvalue weighted by Gasteiger charge is -2.11. The van der Waals surface area contributed by atoms with E-state index >= 15 is 0 Å². The van der Waals surface area contributed by atoms with Gasteiger partial charge in [-0.2, -0.15) is 16.6 Å². The number of nitrogens with zero attached hydrogens (tertiary/aromatic N) is 1. The Balaban J connectivity index is 2.21. The molecule has 0 amide bonds. The first-order valence-electron chi connectivity index (χ1n) is 4.74. The zero-order chi connectivity index (χ0) is 11.4. The van der Waals surface area contributed by atoms with Gasteiger partial charge in [-0.25, -0.2) is 4.39 Å². The van der Waals surface area contributed by atoms with Crippen LogP contribution in [-0.2, 0) is 0 Å². The monoisotopic (exact) mass is 232 g/mol. The first-order chi connectivity index (χ1) is 7.81. The zero-order valence-corrected chi connectivity index (χ0v) is 9.17. The minimum Gasteiger partial charge on any atom is -0.364 e. The third-order valence-corrected chi connectivity index (χ3v) is 2.88. The lowest BCUT2D eigenvalue weighted by Crippen LogP contribution is -2.08. The van der Waals surface area contributed by atoms with Gasteiger partial charge in [-0.1, -0.05) is 12.1 Å². The second kappa shape index (κ2) is 4.77. The highest BCUT2D eigenvalue weighted by Gasteiger charge is 2.12. The van der Waals surface area contributed by atoms with Crippen LogP contribution in [0.2, 0.25) is 0 Å². The molecule has 0 fully saturated rings. The standard InChI is InChI=1S/C12H9FN2S/c13-10-3-1-2-4-11(10)15-12(7-14)9-5-6-16-8-9/h1-6,8,12,15H. The van der Waals surface area contributed by atoms with Gasteiger partial charge < -0.3 is 5.32 Å². The van der Waals surface area contributed by atoms with Gasteiger partial charge >= 0.3 is 0 Å². The number of hydrogen-bond acceptors (Lipinski definition) is 3. The Hall–Kier alpha value is -1.86. The first-order valence-corrected chi connectivity index (χ1v) is 5.68. The van der Waals surface area contributed by atoms with Crippen LogP contribution in [-0.4, -0.2) is 0 Å². The average molecular weight is 232 g/mol. The van der Waals surface area contributed by atoms with E-state index in [0.717, 1.165) is 5.56 Å². The molecule has 1 heterocycles. The molecule has 2 rings (SSSR count). The molecule has 16 heavy (non-hydrogen) atoms. The molecule has 4 heteroatoms. The molecule has 1 aromatic carbocycles. The largest absolute Gasteiger partial charge is 0.364 e. The molecule has 0 spiro atoms. The van der Waals surface area contributed by atoms with E-state index in [1.54, 1.807) is 18.2 Å². The van der Waals surface area contributed by atoms with E-state index < -0.39 is 6.04 Å². The number of benzene rings is 1. The zero-order valence-electron chi connectivity index (χ0n) is 8.35. The molecule has 0 aliphatic heterocycles. The fourth-order valence-corrected chi connectivity index (χ4v) is 2.05. The second-order valence-electron chi connectivity index (χ2n) is 3.24. The fourth-order valence-electron chi connectivity index (χ4n) is 1.36. The van der Waals surface area contributed by atoms with Gasteiger partial charge in [-0.05, 0) is 34.5 Å². The Morgan fingerprint density at radius 1 is 1.31 bits per heavy atom. The number of thiophene rings is 1. The molecule has 0 radical (unpaired) electrons. The molecule has 1 atom stereocenters. The maximum atomic E-state index is 13.4. The second-order valence-corrected chi connectivity index (χ2v) is 4.02. The molecule has 1 unspecified atom stereocenters. The Morgan fingerprint density at radius 3 is 2.75 bits per heavy atom. The molecule has 0 bridgehead atoms. The van der Waals surface area contributed by atoms with Crippen LogP contribution in [0.25, 0.3) is 0 Å². The molecular formula is C12H9FN2S. The molecule has 0 saturated carbocycles. The van der Waals surface area contributed by atoms with Crippen LogP contribution in [0.3, 0.4) is 0 Å². The predicted octanol–water partition coefficient (Wildman–Crippen LogP) is 3.56. The molecule has 2 nitrogen and oxygen atoms in total. The van der Waals surface area contributed by atoms with Crippen LogP contribution in [0.1, 0.15) is 11.6 Å². The van der Waals surface area contributed by atoms with Crippen LogP contribution in [0.15, 0.2) is 41.1 Å². The molecule has 0 saturated heterocycles. The van der Waals surface area contributed by atoms with Crippen molar-refractivity contribution in [3.8, 4) is 6.07 Å². The summed E-state index contributed by atoms with van der Waals surface area (Å²) in [4.78, 5) is 0. The minimum atomic E-state index is -0.511. The van der Waals surface area contributed by atoms with Gasteiger partial charge in [0.1, 0.15) is 11.9 Å². The fraction of sp³-hybridized carbons (Fsp3) is 0.0833. The highest BCUT2D eigenvalue weighted by Crippen LogP contribution is 2.22. The summed E-state index contributed by atoms with van der Waals surface area (Å²) in [5.74, 6) is -0.349. The Labute approximate surface area is 97.0 Å². The van der Waals surface area contributed by atoms with Crippen molar-refractivity contribution in [3.63, 3.8) is 0 Å². The van der Waals surface area contributed by atoms with Crippen molar-refractivity contribution in [2.75, 3.05) is 5.32 Å². The summed E-state index contributed by atoms with van der Waals surface area (Å²) < 4.78 is 13.4. The molecule has 2 aromatic rings. The van der Waals surface area contributed by atoms with E-state index in [1.165, 1.54) is 17.4 Å². The number of rotatable bonds is 3. The molecule has 0 aliphatic rings. The van der Waals surface area contributed by atoms with Crippen molar-refractivity contribution < 1.29 is 4.39 Å². The van der Waals surface area contributed by atoms with Crippen LogP contribution >= 0.6 is 11.3 Å². The van der Waals surface area contributed by atoms with Gasteiger partial charge in [-0.3, -0.25) is 0 Å². The van der Waals surface area contributed by atoms with Crippen LogP contribution in [0.5, 0.6) is 0 Å². The third-order valence-electron chi connectivity index (χ3n) is 2.18. The molecule has 1 aromatic heterocycles. The highest BCUT2D eigenvalue weighted by atomic mass is 32.1.